The molecule has 3 rings (SSSR count). The molecule has 1 fully saturated rings. The van der Waals surface area contributed by atoms with Crippen LogP contribution in [0.25, 0.3) is 0 Å². The Morgan fingerprint density at radius 3 is 2.75 bits per heavy atom. The molecule has 3 N–H and O–H groups in total. The Bertz CT molecular complexity index is 762. The first kappa shape index (κ1) is 23.3. The number of guanidine groups is 1. The predicted octanol–water partition coefficient (Wildman–Crippen LogP) is 0.658. The van der Waals surface area contributed by atoms with Crippen LogP contribution >= 0.6 is 24.0 Å². The van der Waals surface area contributed by atoms with Crippen molar-refractivity contribution in [3.05, 3.63) is 11.6 Å². The van der Waals surface area contributed by atoms with Gasteiger partial charge in [0.15, 0.2) is 11.8 Å². The maximum absolute atomic E-state index is 12.1. The fourth-order valence-corrected chi connectivity index (χ4v) is 4.34. The van der Waals surface area contributed by atoms with Crippen LogP contribution in [0.4, 0.5) is 0 Å². The molecule has 1 aliphatic carbocycles. The van der Waals surface area contributed by atoms with E-state index in [1.165, 1.54) is 6.42 Å². The first-order valence-electron chi connectivity index (χ1n) is 9.86. The molecule has 9 nitrogen and oxygen atoms in total. The molecule has 0 aromatic carbocycles. The summed E-state index contributed by atoms with van der Waals surface area (Å²) in [5.41, 5.74) is 0. The second-order valence-corrected chi connectivity index (χ2v) is 9.25. The van der Waals surface area contributed by atoms with Crippen molar-refractivity contribution in [1.82, 2.24) is 30.1 Å². The van der Waals surface area contributed by atoms with Crippen LogP contribution in [0, 0.1) is 5.92 Å². The smallest absolute Gasteiger partial charge is 0.213 e. The third-order valence-corrected chi connectivity index (χ3v) is 6.61. The van der Waals surface area contributed by atoms with Crippen LogP contribution < -0.4 is 15.4 Å². The zero-order valence-corrected chi connectivity index (χ0v) is 19.8. The summed E-state index contributed by atoms with van der Waals surface area (Å²) >= 11 is 0. The van der Waals surface area contributed by atoms with Gasteiger partial charge in [0, 0.05) is 39.0 Å². The van der Waals surface area contributed by atoms with Gasteiger partial charge in [0.2, 0.25) is 10.0 Å². The topological polar surface area (TPSA) is 113 Å². The van der Waals surface area contributed by atoms with Gasteiger partial charge in [-0.25, -0.2) is 22.8 Å². The summed E-state index contributed by atoms with van der Waals surface area (Å²) in [6.07, 6.45) is 6.14. The van der Waals surface area contributed by atoms with Crippen molar-refractivity contribution in [2.75, 3.05) is 25.9 Å². The summed E-state index contributed by atoms with van der Waals surface area (Å²) in [4.78, 5) is 8.73. The summed E-state index contributed by atoms with van der Waals surface area (Å²) in [5, 5.41) is 11.0. The monoisotopic (exact) mass is 525 g/mol. The highest BCUT2D eigenvalue weighted by atomic mass is 127. The quantitative estimate of drug-likeness (QED) is 0.261. The highest BCUT2D eigenvalue weighted by molar-refractivity contribution is 14.0. The van der Waals surface area contributed by atoms with E-state index in [-0.39, 0.29) is 35.8 Å². The number of aryl methyl sites for hydroxylation is 2. The van der Waals surface area contributed by atoms with E-state index >= 15 is 0 Å². The second-order valence-electron chi connectivity index (χ2n) is 7.32. The van der Waals surface area contributed by atoms with Gasteiger partial charge in [0.25, 0.3) is 0 Å². The summed E-state index contributed by atoms with van der Waals surface area (Å²) in [6.45, 7) is 3.68. The van der Waals surface area contributed by atoms with E-state index in [0.717, 1.165) is 50.3 Å². The summed E-state index contributed by atoms with van der Waals surface area (Å²) in [7, 11) is -1.56. The third kappa shape index (κ3) is 6.55. The molecule has 160 valence electrons. The Morgan fingerprint density at radius 2 is 2.11 bits per heavy atom. The lowest BCUT2D eigenvalue weighted by molar-refractivity contribution is 0.316. The molecule has 0 spiro atoms. The zero-order valence-electron chi connectivity index (χ0n) is 16.6. The number of halogens is 1. The maximum Gasteiger partial charge on any atom is 0.213 e. The van der Waals surface area contributed by atoms with Crippen molar-refractivity contribution in [2.24, 2.45) is 10.9 Å². The molecular formula is C17H32IN7O2S. The summed E-state index contributed by atoms with van der Waals surface area (Å²) < 4.78 is 28.8. The van der Waals surface area contributed by atoms with Crippen molar-refractivity contribution < 1.29 is 8.42 Å². The van der Waals surface area contributed by atoms with Crippen LogP contribution in [0.3, 0.4) is 0 Å². The van der Waals surface area contributed by atoms with Crippen molar-refractivity contribution in [1.29, 1.82) is 0 Å². The first-order valence-corrected chi connectivity index (χ1v) is 11.5. The Balaban J connectivity index is 0.00000280. The molecular weight excluding hydrogens is 493 g/mol. The Kier molecular flexibility index (Phi) is 8.93. The molecule has 1 unspecified atom stereocenters. The van der Waals surface area contributed by atoms with Crippen LogP contribution in [0.1, 0.15) is 44.3 Å². The predicted molar refractivity (Wildman–Crippen MR) is 121 cm³/mol. The van der Waals surface area contributed by atoms with Gasteiger partial charge < -0.3 is 10.6 Å². The normalized spacial score (nSPS) is 20.1. The molecule has 2 aliphatic rings. The van der Waals surface area contributed by atoms with E-state index < -0.39 is 10.0 Å². The van der Waals surface area contributed by atoms with E-state index in [1.807, 2.05) is 4.68 Å². The van der Waals surface area contributed by atoms with Gasteiger partial charge >= 0.3 is 0 Å². The van der Waals surface area contributed by atoms with E-state index in [2.05, 4.69) is 37.4 Å². The molecule has 1 aromatic heterocycles. The van der Waals surface area contributed by atoms with Gasteiger partial charge in [0.1, 0.15) is 5.82 Å². The number of hydrogen-bond acceptors (Lipinski definition) is 5. The SMILES string of the molecule is CCc1nc2n(n1)CC(NC(=NC)NCCS(=O)(=O)NCC1CCC1)CC2.I. The molecule has 0 amide bonds. The minimum absolute atomic E-state index is 0. The minimum Gasteiger partial charge on any atom is -0.355 e. The third-order valence-electron chi connectivity index (χ3n) is 5.26. The van der Waals surface area contributed by atoms with Gasteiger partial charge in [-0.2, -0.15) is 5.10 Å². The van der Waals surface area contributed by atoms with Crippen LogP contribution in [-0.4, -0.2) is 61.1 Å². The summed E-state index contributed by atoms with van der Waals surface area (Å²) in [5.74, 6) is 3.10. The number of sulfonamides is 1. The number of aromatic nitrogens is 3. The van der Waals surface area contributed by atoms with Crippen molar-refractivity contribution in [2.45, 2.75) is 58.0 Å². The molecule has 0 saturated heterocycles. The fraction of sp³-hybridized carbons (Fsp3) is 0.824. The molecule has 1 aromatic rings. The van der Waals surface area contributed by atoms with E-state index in [4.69, 9.17) is 0 Å². The second kappa shape index (κ2) is 10.7. The largest absolute Gasteiger partial charge is 0.355 e. The van der Waals surface area contributed by atoms with Crippen LogP contribution in [0.15, 0.2) is 4.99 Å². The molecule has 0 bridgehead atoms. The molecule has 11 heteroatoms. The van der Waals surface area contributed by atoms with Gasteiger partial charge in [0.05, 0.1) is 12.3 Å². The molecule has 1 atom stereocenters. The Hall–Kier alpha value is -0.950. The number of hydrogen-bond donors (Lipinski definition) is 3. The van der Waals surface area contributed by atoms with Crippen molar-refractivity contribution in [3.8, 4) is 0 Å². The van der Waals surface area contributed by atoms with Gasteiger partial charge in [-0.3, -0.25) is 4.99 Å². The maximum atomic E-state index is 12.1. The lowest BCUT2D eigenvalue weighted by atomic mass is 9.86. The fourth-order valence-electron chi connectivity index (χ4n) is 3.33. The summed E-state index contributed by atoms with van der Waals surface area (Å²) in [6, 6.07) is 0.198. The van der Waals surface area contributed by atoms with E-state index in [1.54, 1.807) is 7.05 Å². The highest BCUT2D eigenvalue weighted by Crippen LogP contribution is 2.25. The zero-order chi connectivity index (χ0) is 19.3. The van der Waals surface area contributed by atoms with Crippen molar-refractivity contribution in [3.63, 3.8) is 0 Å². The van der Waals surface area contributed by atoms with Gasteiger partial charge in [-0.15, -0.1) is 24.0 Å². The standard InChI is InChI=1S/C17H31N7O2S.HI/c1-3-15-22-16-8-7-14(12-24(16)23-15)21-17(18-2)19-9-10-27(25,26)20-11-13-5-4-6-13;/h13-14,20H,3-12H2,1-2H3,(H2,18,19,21);1H. The van der Waals surface area contributed by atoms with Crippen LogP contribution in [0.5, 0.6) is 0 Å². The van der Waals surface area contributed by atoms with Crippen LogP contribution in [-0.2, 0) is 29.4 Å². The number of nitrogens with zero attached hydrogens (tertiary/aromatic N) is 4. The Labute approximate surface area is 184 Å². The average Bonchev–Trinajstić information content (AvgIpc) is 3.01. The van der Waals surface area contributed by atoms with Crippen LogP contribution in [0.2, 0.25) is 0 Å². The van der Waals surface area contributed by atoms with Gasteiger partial charge in [-0.05, 0) is 25.2 Å². The van der Waals surface area contributed by atoms with E-state index in [0.29, 0.717) is 25.0 Å². The molecule has 28 heavy (non-hydrogen) atoms. The molecule has 1 aliphatic heterocycles. The molecule has 1 saturated carbocycles. The van der Waals surface area contributed by atoms with E-state index in [9.17, 15) is 8.42 Å². The highest BCUT2D eigenvalue weighted by Gasteiger charge is 2.23. The van der Waals surface area contributed by atoms with Crippen molar-refractivity contribution >= 4 is 40.0 Å². The number of aliphatic imine (C=N–C) groups is 1. The number of fused-ring (bicyclic) bond motifs is 1. The first-order chi connectivity index (χ1) is 13.0. The average molecular weight is 525 g/mol. The molecule has 0 radical (unpaired) electrons. The minimum atomic E-state index is -3.25. The number of rotatable bonds is 8. The van der Waals surface area contributed by atoms with Gasteiger partial charge in [-0.1, -0.05) is 13.3 Å². The Morgan fingerprint density at radius 1 is 1.32 bits per heavy atom. The lowest BCUT2D eigenvalue weighted by Gasteiger charge is -2.26. The molecule has 2 heterocycles. The number of nitrogens with one attached hydrogen (secondary N) is 3. The lowest BCUT2D eigenvalue weighted by Crippen LogP contribution is -2.48.